The second kappa shape index (κ2) is 8.66. The van der Waals surface area contributed by atoms with Gasteiger partial charge in [0.15, 0.2) is 11.6 Å². The van der Waals surface area contributed by atoms with Crippen molar-refractivity contribution in [2.24, 2.45) is 0 Å². The number of hydrogen-bond acceptors (Lipinski definition) is 3. The van der Waals surface area contributed by atoms with Crippen molar-refractivity contribution in [1.29, 1.82) is 0 Å². The second-order valence-electron chi connectivity index (χ2n) is 6.59. The average Bonchev–Trinajstić information content (AvgIpc) is 3.09. The van der Waals surface area contributed by atoms with Crippen LogP contribution in [0.15, 0.2) is 48.5 Å². The third-order valence-electron chi connectivity index (χ3n) is 4.62. The van der Waals surface area contributed by atoms with Gasteiger partial charge in [-0.25, -0.2) is 4.39 Å². The average molecular weight is 370 g/mol. The maximum Gasteiger partial charge on any atom is 0.227 e. The number of amides is 2. The molecule has 1 fully saturated rings. The molecular weight excluding hydrogens is 347 g/mol. The lowest BCUT2D eigenvalue weighted by atomic mass is 10.1. The Hall–Kier alpha value is -2.89. The van der Waals surface area contributed by atoms with Gasteiger partial charge in [-0.15, -0.1) is 0 Å². The molecule has 1 aliphatic rings. The fourth-order valence-electron chi connectivity index (χ4n) is 3.00. The zero-order valence-corrected chi connectivity index (χ0v) is 15.4. The van der Waals surface area contributed by atoms with Gasteiger partial charge in [-0.3, -0.25) is 9.59 Å². The van der Waals surface area contributed by atoms with Gasteiger partial charge in [-0.05, 0) is 36.2 Å². The van der Waals surface area contributed by atoms with E-state index in [1.54, 1.807) is 35.0 Å². The number of carbonyl (C=O) groups is 2. The summed E-state index contributed by atoms with van der Waals surface area (Å²) in [4.78, 5) is 27.5. The highest BCUT2D eigenvalue weighted by atomic mass is 19.1. The highest BCUT2D eigenvalue weighted by molar-refractivity contribution is 5.95. The number of para-hydroxylation sites is 1. The van der Waals surface area contributed by atoms with E-state index in [1.165, 1.54) is 6.07 Å². The van der Waals surface area contributed by atoms with Crippen LogP contribution in [0.1, 0.15) is 18.4 Å². The van der Waals surface area contributed by atoms with Gasteiger partial charge < -0.3 is 14.5 Å². The van der Waals surface area contributed by atoms with Crippen molar-refractivity contribution in [3.05, 3.63) is 59.9 Å². The van der Waals surface area contributed by atoms with Gasteiger partial charge in [0.2, 0.25) is 11.8 Å². The first-order valence-corrected chi connectivity index (χ1v) is 9.05. The van der Waals surface area contributed by atoms with E-state index in [0.29, 0.717) is 13.0 Å². The number of carbonyl (C=O) groups excluding carboxylic acids is 2. The Bertz CT molecular complexity index is 807. The maximum absolute atomic E-state index is 13.5. The number of benzene rings is 2. The van der Waals surface area contributed by atoms with E-state index < -0.39 is 5.82 Å². The largest absolute Gasteiger partial charge is 0.489 e. The molecule has 27 heavy (non-hydrogen) atoms. The van der Waals surface area contributed by atoms with Crippen LogP contribution >= 0.6 is 0 Å². The zero-order valence-electron chi connectivity index (χ0n) is 15.4. The minimum atomic E-state index is -0.414. The Morgan fingerprint density at radius 2 is 1.93 bits per heavy atom. The first kappa shape index (κ1) is 18.9. The summed E-state index contributed by atoms with van der Waals surface area (Å²) >= 11 is 0. The molecule has 0 aliphatic carbocycles. The van der Waals surface area contributed by atoms with Crippen LogP contribution in [-0.2, 0) is 16.0 Å². The van der Waals surface area contributed by atoms with Crippen molar-refractivity contribution in [2.75, 3.05) is 31.6 Å². The van der Waals surface area contributed by atoms with Gasteiger partial charge >= 0.3 is 0 Å². The third kappa shape index (κ3) is 4.84. The molecule has 0 spiro atoms. The molecule has 0 radical (unpaired) electrons. The van der Waals surface area contributed by atoms with E-state index in [1.807, 2.05) is 24.3 Å². The standard InChI is InChI=1S/C21H23FN2O3/c1-23(13-14-27-19-6-3-2-5-18(19)22)21(26)15-16-8-10-17(11-9-16)24-12-4-7-20(24)25/h2-3,5-6,8-11H,4,7,12-15H2,1H3. The Morgan fingerprint density at radius 3 is 2.59 bits per heavy atom. The number of hydrogen-bond donors (Lipinski definition) is 0. The topological polar surface area (TPSA) is 49.9 Å². The van der Waals surface area contributed by atoms with Crippen molar-refractivity contribution in [1.82, 2.24) is 4.90 Å². The van der Waals surface area contributed by atoms with Crippen molar-refractivity contribution in [2.45, 2.75) is 19.3 Å². The molecule has 0 N–H and O–H groups in total. The van der Waals surface area contributed by atoms with Crippen molar-refractivity contribution in [3.8, 4) is 5.75 Å². The molecule has 1 aliphatic heterocycles. The number of nitrogens with zero attached hydrogens (tertiary/aromatic N) is 2. The minimum absolute atomic E-state index is 0.0443. The summed E-state index contributed by atoms with van der Waals surface area (Å²) in [6.45, 7) is 1.34. The Labute approximate surface area is 158 Å². The summed E-state index contributed by atoms with van der Waals surface area (Å²) in [5, 5.41) is 0. The lowest BCUT2D eigenvalue weighted by molar-refractivity contribution is -0.129. The molecule has 0 atom stereocenters. The van der Waals surface area contributed by atoms with E-state index >= 15 is 0 Å². The lowest BCUT2D eigenvalue weighted by Crippen LogP contribution is -2.32. The fraction of sp³-hybridized carbons (Fsp3) is 0.333. The summed E-state index contributed by atoms with van der Waals surface area (Å²) in [6.07, 6.45) is 1.75. The van der Waals surface area contributed by atoms with E-state index in [2.05, 4.69) is 0 Å². The Balaban J connectivity index is 1.47. The van der Waals surface area contributed by atoms with Crippen LogP contribution in [-0.4, -0.2) is 43.5 Å². The summed E-state index contributed by atoms with van der Waals surface area (Å²) in [7, 11) is 1.70. The van der Waals surface area contributed by atoms with Gasteiger partial charge in [-0.1, -0.05) is 24.3 Å². The molecule has 3 rings (SSSR count). The van der Waals surface area contributed by atoms with Gasteiger partial charge in [-0.2, -0.15) is 0 Å². The predicted molar refractivity (Wildman–Crippen MR) is 101 cm³/mol. The molecule has 1 saturated heterocycles. The van der Waals surface area contributed by atoms with E-state index in [-0.39, 0.29) is 30.6 Å². The van der Waals surface area contributed by atoms with Crippen LogP contribution in [0.5, 0.6) is 5.75 Å². The fourth-order valence-corrected chi connectivity index (χ4v) is 3.00. The van der Waals surface area contributed by atoms with Crippen molar-refractivity contribution >= 4 is 17.5 Å². The summed E-state index contributed by atoms with van der Waals surface area (Å²) in [6, 6.07) is 13.7. The molecule has 6 heteroatoms. The van der Waals surface area contributed by atoms with Crippen LogP contribution < -0.4 is 9.64 Å². The quantitative estimate of drug-likeness (QED) is 0.753. The van der Waals surface area contributed by atoms with Crippen LogP contribution in [0.25, 0.3) is 0 Å². The molecule has 0 unspecified atom stereocenters. The number of halogens is 1. The lowest BCUT2D eigenvalue weighted by Gasteiger charge is -2.18. The molecule has 0 bridgehead atoms. The van der Waals surface area contributed by atoms with Gasteiger partial charge in [0, 0.05) is 25.7 Å². The van der Waals surface area contributed by atoms with E-state index in [0.717, 1.165) is 24.2 Å². The SMILES string of the molecule is CN(CCOc1ccccc1F)C(=O)Cc1ccc(N2CCCC2=O)cc1. The highest BCUT2D eigenvalue weighted by Gasteiger charge is 2.21. The Kier molecular flexibility index (Phi) is 6.06. The Morgan fingerprint density at radius 1 is 1.19 bits per heavy atom. The first-order chi connectivity index (χ1) is 13.0. The molecule has 1 heterocycles. The number of ether oxygens (including phenoxy) is 1. The van der Waals surface area contributed by atoms with E-state index in [9.17, 15) is 14.0 Å². The van der Waals surface area contributed by atoms with Crippen LogP contribution in [0, 0.1) is 5.82 Å². The maximum atomic E-state index is 13.5. The highest BCUT2D eigenvalue weighted by Crippen LogP contribution is 2.22. The van der Waals surface area contributed by atoms with Crippen LogP contribution in [0.4, 0.5) is 10.1 Å². The monoisotopic (exact) mass is 370 g/mol. The molecule has 0 saturated carbocycles. The molecule has 0 aromatic heterocycles. The van der Waals surface area contributed by atoms with Crippen molar-refractivity contribution in [3.63, 3.8) is 0 Å². The molecule has 2 aromatic carbocycles. The molecule has 142 valence electrons. The first-order valence-electron chi connectivity index (χ1n) is 9.05. The second-order valence-corrected chi connectivity index (χ2v) is 6.59. The summed E-state index contributed by atoms with van der Waals surface area (Å²) in [5.41, 5.74) is 1.76. The van der Waals surface area contributed by atoms with E-state index in [4.69, 9.17) is 4.74 Å². The predicted octanol–water partition coefficient (Wildman–Crippen LogP) is 3.03. The smallest absolute Gasteiger partial charge is 0.227 e. The zero-order chi connectivity index (χ0) is 19.2. The van der Waals surface area contributed by atoms with Crippen LogP contribution in [0.2, 0.25) is 0 Å². The normalized spacial score (nSPS) is 13.7. The van der Waals surface area contributed by atoms with Gasteiger partial charge in [0.05, 0.1) is 13.0 Å². The minimum Gasteiger partial charge on any atom is -0.489 e. The molecular formula is C21H23FN2O3. The van der Waals surface area contributed by atoms with Gasteiger partial charge in [0.1, 0.15) is 6.61 Å². The third-order valence-corrected chi connectivity index (χ3v) is 4.62. The van der Waals surface area contributed by atoms with Gasteiger partial charge in [0.25, 0.3) is 0 Å². The molecule has 5 nitrogen and oxygen atoms in total. The number of likely N-dealkylation sites (N-methyl/N-ethyl adjacent to an activating group) is 1. The van der Waals surface area contributed by atoms with Crippen molar-refractivity contribution < 1.29 is 18.7 Å². The molecule has 2 aromatic rings. The number of rotatable bonds is 7. The number of anilines is 1. The summed E-state index contributed by atoms with van der Waals surface area (Å²) < 4.78 is 18.9. The van der Waals surface area contributed by atoms with Crippen LogP contribution in [0.3, 0.4) is 0 Å². The summed E-state index contributed by atoms with van der Waals surface area (Å²) in [5.74, 6) is -0.126. The molecule has 2 amide bonds.